The first-order valence-corrected chi connectivity index (χ1v) is 15.9. The van der Waals surface area contributed by atoms with Gasteiger partial charge in [-0.2, -0.15) is 4.57 Å². The molecule has 2 heterocycles. The molecule has 0 N–H and O–H groups in total. The molecule has 0 spiro atoms. The highest BCUT2D eigenvalue weighted by Gasteiger charge is 2.26. The summed E-state index contributed by atoms with van der Waals surface area (Å²) in [7, 11) is 0. The number of hydrogen-bond acceptors (Lipinski definition) is 3. The average molecular weight is 558 g/mol. The molecule has 2 aliphatic rings. The summed E-state index contributed by atoms with van der Waals surface area (Å²) in [5, 5.41) is 7.96. The summed E-state index contributed by atoms with van der Waals surface area (Å²) in [6.45, 7) is 8.73. The van der Waals surface area contributed by atoms with E-state index in [0.717, 1.165) is 25.9 Å². The number of thioether (sulfide) groups is 1. The van der Waals surface area contributed by atoms with Gasteiger partial charge >= 0.3 is 0 Å². The Morgan fingerprint density at radius 3 is 2.38 bits per heavy atom. The maximum absolute atomic E-state index is 2.45. The van der Waals surface area contributed by atoms with Crippen LogP contribution in [0.15, 0.2) is 118 Å². The minimum absolute atomic E-state index is 0.970. The highest BCUT2D eigenvalue weighted by atomic mass is 32.2. The Hall–Kier alpha value is -3.60. The lowest BCUT2D eigenvalue weighted by molar-refractivity contribution is -0.665. The first-order chi connectivity index (χ1) is 19.7. The van der Waals surface area contributed by atoms with Crippen LogP contribution in [0.25, 0.3) is 37.8 Å². The number of anilines is 1. The minimum Gasteiger partial charge on any atom is -0.335 e. The lowest BCUT2D eigenvalue weighted by Crippen LogP contribution is -2.33. The molecule has 0 atom stereocenters. The van der Waals surface area contributed by atoms with Gasteiger partial charge in [-0.05, 0) is 84.7 Å². The van der Waals surface area contributed by atoms with E-state index in [9.17, 15) is 0 Å². The zero-order valence-corrected chi connectivity index (χ0v) is 24.9. The van der Waals surface area contributed by atoms with Crippen molar-refractivity contribution in [2.24, 2.45) is 0 Å². The van der Waals surface area contributed by atoms with Crippen LogP contribution in [0.5, 0.6) is 0 Å². The molecule has 0 radical (unpaired) electrons. The van der Waals surface area contributed by atoms with Crippen molar-refractivity contribution in [2.75, 3.05) is 11.4 Å². The van der Waals surface area contributed by atoms with Crippen molar-refractivity contribution in [2.45, 2.75) is 45.1 Å². The standard InChI is InChI=1S/C36H33N2S2/c1-4-37-31-20-16-27-10-6-8-12-29(27)35(31)39-33(37)22-18-25-14-15-26(24(25)3)19-23-34-38(5-2)32-21-17-28-11-7-9-13-30(28)36(32)40-34/h6-13,16-23H,4-5,14-15H2,1-3H3/q+1. The minimum atomic E-state index is 0.970. The molecule has 0 saturated carbocycles. The second-order valence-corrected chi connectivity index (χ2v) is 12.5. The van der Waals surface area contributed by atoms with E-state index in [0.29, 0.717) is 0 Å². The van der Waals surface area contributed by atoms with E-state index in [2.05, 4.69) is 127 Å². The molecule has 0 saturated heterocycles. The summed E-state index contributed by atoms with van der Waals surface area (Å²) in [5.41, 5.74) is 7.00. The molecule has 5 aromatic rings. The molecule has 0 unspecified atom stereocenters. The SMILES string of the molecule is CCN1C(=CC=C2CCC(C=Cc3sc4c5ccccc5ccc4[n+]3CC)=C2C)Sc2c1ccc1ccccc21. The van der Waals surface area contributed by atoms with Crippen LogP contribution in [0.4, 0.5) is 5.69 Å². The number of fused-ring (bicyclic) bond motifs is 6. The fourth-order valence-electron chi connectivity index (χ4n) is 6.17. The van der Waals surface area contributed by atoms with Gasteiger partial charge in [-0.1, -0.05) is 89.8 Å². The van der Waals surface area contributed by atoms with Gasteiger partial charge < -0.3 is 4.90 Å². The third-order valence-corrected chi connectivity index (χ3v) is 10.8. The Bertz CT molecular complexity index is 1920. The van der Waals surface area contributed by atoms with Gasteiger partial charge in [0.1, 0.15) is 11.2 Å². The molecule has 0 fully saturated rings. The lowest BCUT2D eigenvalue weighted by Gasteiger charge is -2.18. The summed E-state index contributed by atoms with van der Waals surface area (Å²) in [6.07, 6.45) is 11.6. The van der Waals surface area contributed by atoms with Crippen molar-refractivity contribution >= 4 is 66.6 Å². The van der Waals surface area contributed by atoms with E-state index in [-0.39, 0.29) is 0 Å². The maximum atomic E-state index is 2.45. The third kappa shape index (κ3) is 4.22. The number of thiazole rings is 1. The molecule has 1 aliphatic heterocycles. The average Bonchev–Trinajstić information content (AvgIpc) is 3.66. The van der Waals surface area contributed by atoms with E-state index in [1.807, 2.05) is 23.1 Å². The van der Waals surface area contributed by atoms with Gasteiger partial charge in [-0.15, -0.1) is 0 Å². The summed E-state index contributed by atoms with van der Waals surface area (Å²) >= 11 is 3.82. The lowest BCUT2D eigenvalue weighted by atomic mass is 10.1. The Kier molecular flexibility index (Phi) is 6.61. The van der Waals surface area contributed by atoms with Gasteiger partial charge in [0.2, 0.25) is 5.52 Å². The van der Waals surface area contributed by atoms with Gasteiger partial charge in [0.05, 0.1) is 10.7 Å². The predicted molar refractivity (Wildman–Crippen MR) is 175 cm³/mol. The summed E-state index contributed by atoms with van der Waals surface area (Å²) in [5.74, 6) is 0. The van der Waals surface area contributed by atoms with E-state index in [1.165, 1.54) is 69.1 Å². The third-order valence-electron chi connectivity index (χ3n) is 8.36. The van der Waals surface area contributed by atoms with Crippen LogP contribution < -0.4 is 9.47 Å². The molecule has 4 heteroatoms. The van der Waals surface area contributed by atoms with Gasteiger partial charge in [0.25, 0.3) is 5.01 Å². The first-order valence-electron chi connectivity index (χ1n) is 14.3. The Labute approximate surface area is 244 Å². The predicted octanol–water partition coefficient (Wildman–Crippen LogP) is 10.0. The molecule has 4 aromatic carbocycles. The molecule has 40 heavy (non-hydrogen) atoms. The molecule has 2 nitrogen and oxygen atoms in total. The number of benzene rings is 4. The second kappa shape index (κ2) is 10.4. The fraction of sp³-hybridized carbons (Fsp3) is 0.194. The number of aryl methyl sites for hydroxylation is 1. The second-order valence-electron chi connectivity index (χ2n) is 10.5. The normalized spacial score (nSPS) is 17.6. The smallest absolute Gasteiger partial charge is 0.262 e. The number of aromatic nitrogens is 1. The quantitative estimate of drug-likeness (QED) is 0.199. The highest BCUT2D eigenvalue weighted by Crippen LogP contribution is 2.49. The molecular formula is C36H33N2S2+. The van der Waals surface area contributed by atoms with Crippen molar-refractivity contribution in [1.82, 2.24) is 0 Å². The van der Waals surface area contributed by atoms with Crippen LogP contribution in [0.2, 0.25) is 0 Å². The zero-order valence-electron chi connectivity index (χ0n) is 23.3. The monoisotopic (exact) mass is 557 g/mol. The largest absolute Gasteiger partial charge is 0.335 e. The molecule has 198 valence electrons. The van der Waals surface area contributed by atoms with Crippen molar-refractivity contribution in [3.05, 3.63) is 118 Å². The molecule has 1 aromatic heterocycles. The molecule has 0 bridgehead atoms. The van der Waals surface area contributed by atoms with Gasteiger partial charge in [0, 0.05) is 29.0 Å². The zero-order chi connectivity index (χ0) is 27.2. The summed E-state index contributed by atoms with van der Waals surface area (Å²) < 4.78 is 3.83. The maximum Gasteiger partial charge on any atom is 0.262 e. The van der Waals surface area contributed by atoms with Crippen molar-refractivity contribution in [3.63, 3.8) is 0 Å². The van der Waals surface area contributed by atoms with Crippen LogP contribution in [0.1, 0.15) is 38.6 Å². The highest BCUT2D eigenvalue weighted by molar-refractivity contribution is 8.04. The van der Waals surface area contributed by atoms with Crippen molar-refractivity contribution in [1.29, 1.82) is 0 Å². The number of rotatable bonds is 5. The molecule has 0 amide bonds. The van der Waals surface area contributed by atoms with Crippen molar-refractivity contribution in [3.8, 4) is 0 Å². The molecular weight excluding hydrogens is 525 g/mol. The molecule has 7 rings (SSSR count). The van der Waals surface area contributed by atoms with Gasteiger partial charge in [-0.3, -0.25) is 0 Å². The first kappa shape index (κ1) is 25.4. The van der Waals surface area contributed by atoms with Crippen molar-refractivity contribution < 1.29 is 4.57 Å². The van der Waals surface area contributed by atoms with Crippen LogP contribution in [-0.4, -0.2) is 6.54 Å². The van der Waals surface area contributed by atoms with Crippen LogP contribution >= 0.6 is 23.1 Å². The summed E-state index contributed by atoms with van der Waals surface area (Å²) in [6, 6.07) is 26.5. The Balaban J connectivity index is 1.18. The number of allylic oxidation sites excluding steroid dienone is 6. The Morgan fingerprint density at radius 1 is 0.825 bits per heavy atom. The van der Waals surface area contributed by atoms with E-state index in [1.54, 1.807) is 0 Å². The fourth-order valence-corrected chi connectivity index (χ4v) is 8.69. The van der Waals surface area contributed by atoms with Gasteiger partial charge in [-0.25, -0.2) is 0 Å². The van der Waals surface area contributed by atoms with Crippen LogP contribution in [0.3, 0.4) is 0 Å². The Morgan fingerprint density at radius 2 is 1.57 bits per heavy atom. The van der Waals surface area contributed by atoms with E-state index >= 15 is 0 Å². The number of hydrogen-bond donors (Lipinski definition) is 0. The van der Waals surface area contributed by atoms with Crippen LogP contribution in [0, 0.1) is 0 Å². The topological polar surface area (TPSA) is 7.12 Å². The summed E-state index contributed by atoms with van der Waals surface area (Å²) in [4.78, 5) is 3.83. The van der Waals surface area contributed by atoms with E-state index in [4.69, 9.17) is 0 Å². The number of nitrogens with zero attached hydrogens (tertiary/aromatic N) is 2. The van der Waals surface area contributed by atoms with Gasteiger partial charge in [0.15, 0.2) is 0 Å². The van der Waals surface area contributed by atoms with E-state index < -0.39 is 0 Å². The van der Waals surface area contributed by atoms with Crippen LogP contribution in [-0.2, 0) is 6.54 Å². The molecule has 1 aliphatic carbocycles.